The molecule has 2 N–H and O–H groups in total. The molecule has 13 heavy (non-hydrogen) atoms. The highest BCUT2D eigenvalue weighted by Gasteiger charge is 2.39. The molecule has 0 aliphatic carbocycles. The summed E-state index contributed by atoms with van der Waals surface area (Å²) < 4.78 is 36.4. The van der Waals surface area contributed by atoms with Gasteiger partial charge in [-0.25, -0.2) is 0 Å². The van der Waals surface area contributed by atoms with Crippen LogP contribution in [0.25, 0.3) is 0 Å². The van der Waals surface area contributed by atoms with Crippen molar-refractivity contribution in [3.8, 4) is 0 Å². The highest BCUT2D eigenvalue weighted by molar-refractivity contribution is 7.10. The SMILES string of the molecule is Cc1csc([C@@H](N)C(F)(F)F)c1Cl. The highest BCUT2D eigenvalue weighted by Crippen LogP contribution is 2.38. The van der Waals surface area contributed by atoms with Crippen molar-refractivity contribution < 1.29 is 13.2 Å². The molecule has 74 valence electrons. The first kappa shape index (κ1) is 10.8. The van der Waals surface area contributed by atoms with Crippen molar-refractivity contribution in [2.24, 2.45) is 5.73 Å². The number of rotatable bonds is 1. The van der Waals surface area contributed by atoms with Crippen LogP contribution in [0.15, 0.2) is 5.38 Å². The molecule has 0 amide bonds. The summed E-state index contributed by atoms with van der Waals surface area (Å²) in [7, 11) is 0. The summed E-state index contributed by atoms with van der Waals surface area (Å²) >= 11 is 6.57. The lowest BCUT2D eigenvalue weighted by molar-refractivity contribution is -0.148. The summed E-state index contributed by atoms with van der Waals surface area (Å²) in [4.78, 5) is -0.0216. The predicted octanol–water partition coefficient (Wildman–Crippen LogP) is 3.27. The van der Waals surface area contributed by atoms with Crippen LogP contribution in [0.5, 0.6) is 0 Å². The van der Waals surface area contributed by atoms with Crippen LogP contribution in [0.1, 0.15) is 16.5 Å². The van der Waals surface area contributed by atoms with E-state index in [1.54, 1.807) is 12.3 Å². The molecule has 0 spiro atoms. The lowest BCUT2D eigenvalue weighted by Crippen LogP contribution is -2.27. The largest absolute Gasteiger partial charge is 0.408 e. The normalized spacial score (nSPS) is 14.6. The molecule has 0 radical (unpaired) electrons. The third-order valence-corrected chi connectivity index (χ3v) is 3.36. The van der Waals surface area contributed by atoms with Gasteiger partial charge in [0, 0.05) is 4.88 Å². The van der Waals surface area contributed by atoms with Gasteiger partial charge < -0.3 is 5.73 Å². The van der Waals surface area contributed by atoms with Crippen molar-refractivity contribution in [2.75, 3.05) is 0 Å². The van der Waals surface area contributed by atoms with Crippen molar-refractivity contribution >= 4 is 22.9 Å². The minimum Gasteiger partial charge on any atom is -0.316 e. The van der Waals surface area contributed by atoms with Crippen LogP contribution >= 0.6 is 22.9 Å². The molecule has 1 rings (SSSR count). The summed E-state index contributed by atoms with van der Waals surface area (Å²) in [5, 5.41) is 1.68. The number of thiophene rings is 1. The smallest absolute Gasteiger partial charge is 0.316 e. The average Bonchev–Trinajstić information content (AvgIpc) is 2.30. The van der Waals surface area contributed by atoms with Gasteiger partial charge in [-0.1, -0.05) is 11.6 Å². The standard InChI is InChI=1S/C7H7ClF3NS/c1-3-2-13-5(4(3)8)6(12)7(9,10)11/h2,6H,12H2,1H3/t6-/m1/s1. The topological polar surface area (TPSA) is 26.0 Å². The van der Waals surface area contributed by atoms with Gasteiger partial charge in [0.2, 0.25) is 0 Å². The molecule has 6 heteroatoms. The number of alkyl halides is 3. The van der Waals surface area contributed by atoms with E-state index in [0.717, 1.165) is 11.3 Å². The van der Waals surface area contributed by atoms with Gasteiger partial charge in [0.1, 0.15) is 6.04 Å². The predicted molar refractivity (Wildman–Crippen MR) is 47.0 cm³/mol. The zero-order valence-electron chi connectivity index (χ0n) is 6.65. The fourth-order valence-corrected chi connectivity index (χ4v) is 2.14. The third kappa shape index (κ3) is 2.15. The van der Waals surface area contributed by atoms with E-state index in [0.29, 0.717) is 5.56 Å². The van der Waals surface area contributed by atoms with Gasteiger partial charge in [0.25, 0.3) is 0 Å². The Hall–Kier alpha value is -0.260. The lowest BCUT2D eigenvalue weighted by atomic mass is 10.2. The number of aryl methyl sites for hydroxylation is 1. The molecule has 0 aliphatic heterocycles. The molecule has 1 atom stereocenters. The Balaban J connectivity index is 3.02. The second kappa shape index (κ2) is 3.48. The van der Waals surface area contributed by atoms with Crippen molar-refractivity contribution in [3.05, 3.63) is 20.8 Å². The van der Waals surface area contributed by atoms with Crippen molar-refractivity contribution in [1.29, 1.82) is 0 Å². The summed E-state index contributed by atoms with van der Waals surface area (Å²) in [6, 6.07) is -1.97. The Labute approximate surface area is 82.3 Å². The second-order valence-electron chi connectivity index (χ2n) is 2.62. The molecule has 0 saturated carbocycles. The third-order valence-electron chi connectivity index (χ3n) is 1.56. The van der Waals surface area contributed by atoms with Crippen molar-refractivity contribution in [2.45, 2.75) is 19.1 Å². The molecule has 1 aromatic rings. The maximum atomic E-state index is 12.1. The highest BCUT2D eigenvalue weighted by atomic mass is 35.5. The Bertz CT molecular complexity index is 307. The maximum absolute atomic E-state index is 12.1. The Kier molecular flexibility index (Phi) is 2.89. The summed E-state index contributed by atoms with van der Waals surface area (Å²) in [6.07, 6.45) is -4.43. The van der Waals surface area contributed by atoms with E-state index in [1.807, 2.05) is 0 Å². The van der Waals surface area contributed by atoms with Crippen LogP contribution in [0.4, 0.5) is 13.2 Å². The number of halogens is 4. The van der Waals surface area contributed by atoms with Gasteiger partial charge >= 0.3 is 6.18 Å². The molecule has 0 fully saturated rings. The zero-order valence-corrected chi connectivity index (χ0v) is 8.22. The minimum atomic E-state index is -4.43. The summed E-state index contributed by atoms with van der Waals surface area (Å²) in [5.41, 5.74) is 5.61. The number of hydrogen-bond donors (Lipinski definition) is 1. The molecule has 1 heterocycles. The van der Waals surface area contributed by atoms with E-state index in [9.17, 15) is 13.2 Å². The Morgan fingerprint density at radius 2 is 2.08 bits per heavy atom. The van der Waals surface area contributed by atoms with Gasteiger partial charge in [-0.3, -0.25) is 0 Å². The van der Waals surface area contributed by atoms with Crippen LogP contribution in [0.3, 0.4) is 0 Å². The van der Waals surface area contributed by atoms with Crippen LogP contribution in [0.2, 0.25) is 5.02 Å². The van der Waals surface area contributed by atoms with E-state index in [-0.39, 0.29) is 9.90 Å². The average molecular weight is 230 g/mol. The second-order valence-corrected chi connectivity index (χ2v) is 3.91. The number of hydrogen-bond acceptors (Lipinski definition) is 2. The van der Waals surface area contributed by atoms with Crippen molar-refractivity contribution in [1.82, 2.24) is 0 Å². The molecule has 0 aromatic carbocycles. The van der Waals surface area contributed by atoms with Gasteiger partial charge in [-0.15, -0.1) is 11.3 Å². The van der Waals surface area contributed by atoms with Crippen LogP contribution in [0, 0.1) is 6.92 Å². The van der Waals surface area contributed by atoms with Crippen LogP contribution in [-0.4, -0.2) is 6.18 Å². The molecule has 0 aliphatic rings. The van der Waals surface area contributed by atoms with Crippen LogP contribution in [-0.2, 0) is 0 Å². The van der Waals surface area contributed by atoms with Gasteiger partial charge in [0.05, 0.1) is 5.02 Å². The molecular formula is C7H7ClF3NS. The Morgan fingerprint density at radius 3 is 2.38 bits per heavy atom. The monoisotopic (exact) mass is 229 g/mol. The van der Waals surface area contributed by atoms with Crippen LogP contribution < -0.4 is 5.73 Å². The Morgan fingerprint density at radius 1 is 1.54 bits per heavy atom. The first-order chi connectivity index (χ1) is 5.84. The maximum Gasteiger partial charge on any atom is 0.408 e. The lowest BCUT2D eigenvalue weighted by Gasteiger charge is -2.14. The minimum absolute atomic E-state index is 0.0216. The van der Waals surface area contributed by atoms with Gasteiger partial charge in [-0.05, 0) is 17.9 Å². The van der Waals surface area contributed by atoms with E-state index >= 15 is 0 Å². The molecule has 0 saturated heterocycles. The molecule has 1 nitrogen and oxygen atoms in total. The van der Waals surface area contributed by atoms with E-state index in [2.05, 4.69) is 0 Å². The fraction of sp³-hybridized carbons (Fsp3) is 0.429. The summed E-state index contributed by atoms with van der Waals surface area (Å²) in [6.45, 7) is 1.64. The van der Waals surface area contributed by atoms with E-state index in [1.165, 1.54) is 0 Å². The zero-order chi connectivity index (χ0) is 10.2. The first-order valence-corrected chi connectivity index (χ1v) is 4.65. The molecule has 0 bridgehead atoms. The quantitative estimate of drug-likeness (QED) is 0.786. The molecule has 0 unspecified atom stereocenters. The number of nitrogens with two attached hydrogens (primary N) is 1. The summed E-state index contributed by atoms with van der Waals surface area (Å²) in [5.74, 6) is 0. The fourth-order valence-electron chi connectivity index (χ4n) is 0.808. The molecular weight excluding hydrogens is 223 g/mol. The van der Waals surface area contributed by atoms with E-state index < -0.39 is 12.2 Å². The van der Waals surface area contributed by atoms with Crippen molar-refractivity contribution in [3.63, 3.8) is 0 Å². The van der Waals surface area contributed by atoms with Gasteiger partial charge in [0.15, 0.2) is 0 Å². The molecule has 1 aromatic heterocycles. The van der Waals surface area contributed by atoms with E-state index in [4.69, 9.17) is 17.3 Å². The van der Waals surface area contributed by atoms with Gasteiger partial charge in [-0.2, -0.15) is 13.2 Å². The first-order valence-electron chi connectivity index (χ1n) is 3.40.